The average Bonchev–Trinajstić information content (AvgIpc) is 3.64. The molecule has 53 heavy (non-hydrogen) atoms. The van der Waals surface area contributed by atoms with Crippen molar-refractivity contribution in [1.29, 1.82) is 0 Å². The van der Waals surface area contributed by atoms with E-state index in [-0.39, 0.29) is 43.8 Å². The number of halogens is 2. The topological polar surface area (TPSA) is 144 Å². The molecule has 3 aromatic rings. The molecule has 1 aromatic carbocycles. The number of amides is 4. The Bertz CT molecular complexity index is 1930. The largest absolute Gasteiger partial charge is 0.371 e. The molecule has 0 saturated carbocycles. The van der Waals surface area contributed by atoms with E-state index in [2.05, 4.69) is 30.4 Å². The summed E-state index contributed by atoms with van der Waals surface area (Å²) in [7, 11) is 0. The second-order valence-corrected chi connectivity index (χ2v) is 15.0. The zero-order valence-electron chi connectivity index (χ0n) is 29.7. The van der Waals surface area contributed by atoms with Crippen LogP contribution in [0.25, 0.3) is 0 Å². The molecular formula is C38H43F2N9O4. The van der Waals surface area contributed by atoms with Crippen LogP contribution < -0.4 is 20.4 Å². The number of aryl methyl sites for hydroxylation is 1. The number of benzene rings is 1. The number of alkyl halides is 2. The van der Waals surface area contributed by atoms with E-state index in [0.717, 1.165) is 80.3 Å². The predicted octanol–water partition coefficient (Wildman–Crippen LogP) is 4.27. The molecule has 8 rings (SSSR count). The second kappa shape index (κ2) is 14.1. The van der Waals surface area contributed by atoms with E-state index >= 15 is 0 Å². The Morgan fingerprint density at radius 1 is 0.849 bits per heavy atom. The van der Waals surface area contributed by atoms with Crippen LogP contribution in [0.4, 0.5) is 31.9 Å². The molecule has 4 fully saturated rings. The van der Waals surface area contributed by atoms with Gasteiger partial charge in [-0.15, -0.1) is 0 Å². The van der Waals surface area contributed by atoms with Gasteiger partial charge in [0, 0.05) is 44.7 Å². The molecule has 0 aliphatic carbocycles. The van der Waals surface area contributed by atoms with Gasteiger partial charge in [-0.3, -0.25) is 34.4 Å². The molecule has 5 aliphatic heterocycles. The summed E-state index contributed by atoms with van der Waals surface area (Å²) in [4.78, 5) is 71.4. The molecule has 1 atom stereocenters. The third-order valence-corrected chi connectivity index (χ3v) is 11.3. The van der Waals surface area contributed by atoms with Crippen molar-refractivity contribution in [3.05, 3.63) is 65.1 Å². The standard InChI is InChI=1S/C38H43F2N9O4/c1-23-19-42-32(20-41-23)43-31-16-26(17-33(44-31)48-15-10-38(39,40)22-48)25-8-11-46(12-9-25)21-24-6-13-47(14-7-24)27-2-3-28-29(18-27)37(53)49(36(28)52)30-4-5-34(50)45-35(30)51/h2-3,16-20,24-25,30H,4-15,21-22H2,1H3,(H,42,43,44)(H,45,50,51). The van der Waals surface area contributed by atoms with Crippen molar-refractivity contribution in [3.63, 3.8) is 0 Å². The maximum absolute atomic E-state index is 14.2. The van der Waals surface area contributed by atoms with E-state index in [0.29, 0.717) is 28.9 Å². The van der Waals surface area contributed by atoms with E-state index in [1.165, 1.54) is 0 Å². The third kappa shape index (κ3) is 7.31. The number of aromatic nitrogens is 3. The molecule has 1 unspecified atom stereocenters. The lowest BCUT2D eigenvalue weighted by atomic mass is 9.88. The maximum Gasteiger partial charge on any atom is 0.266 e. The third-order valence-electron chi connectivity index (χ3n) is 11.3. The number of piperidine rings is 3. The minimum atomic E-state index is -2.73. The van der Waals surface area contributed by atoms with Crippen LogP contribution in [-0.4, -0.2) is 106 Å². The van der Waals surface area contributed by atoms with Gasteiger partial charge in [0.1, 0.15) is 23.5 Å². The number of hydrogen-bond donors (Lipinski definition) is 2. The van der Waals surface area contributed by atoms with Crippen LogP contribution in [0.3, 0.4) is 0 Å². The monoisotopic (exact) mass is 727 g/mol. The Morgan fingerprint density at radius 3 is 2.32 bits per heavy atom. The summed E-state index contributed by atoms with van der Waals surface area (Å²) in [5.74, 6) is -2.23. The van der Waals surface area contributed by atoms with Crippen molar-refractivity contribution in [2.75, 3.05) is 60.9 Å². The van der Waals surface area contributed by atoms with Crippen molar-refractivity contribution >= 4 is 46.8 Å². The second-order valence-electron chi connectivity index (χ2n) is 15.0. The minimum absolute atomic E-state index is 0.0854. The lowest BCUT2D eigenvalue weighted by Gasteiger charge is -2.38. The average molecular weight is 728 g/mol. The zero-order chi connectivity index (χ0) is 36.9. The van der Waals surface area contributed by atoms with Crippen LogP contribution >= 0.6 is 0 Å². The van der Waals surface area contributed by atoms with E-state index in [1.54, 1.807) is 29.4 Å². The fraction of sp³-hybridized carbons (Fsp3) is 0.500. The molecule has 2 aromatic heterocycles. The first-order valence-corrected chi connectivity index (χ1v) is 18.5. The number of likely N-dealkylation sites (tertiary alicyclic amines) is 1. The first-order valence-electron chi connectivity index (χ1n) is 18.5. The van der Waals surface area contributed by atoms with E-state index < -0.39 is 35.6 Å². The number of nitrogens with one attached hydrogen (secondary N) is 2. The van der Waals surface area contributed by atoms with E-state index in [4.69, 9.17) is 4.98 Å². The summed E-state index contributed by atoms with van der Waals surface area (Å²) in [5.41, 5.74) is 3.36. The fourth-order valence-corrected chi connectivity index (χ4v) is 8.36. The summed E-state index contributed by atoms with van der Waals surface area (Å²) in [6.45, 7) is 6.34. The number of nitrogens with zero attached hydrogens (tertiary/aromatic N) is 7. The smallest absolute Gasteiger partial charge is 0.266 e. The van der Waals surface area contributed by atoms with Gasteiger partial charge in [0.15, 0.2) is 0 Å². The fourth-order valence-electron chi connectivity index (χ4n) is 8.36. The molecule has 4 saturated heterocycles. The predicted molar refractivity (Wildman–Crippen MR) is 193 cm³/mol. The zero-order valence-corrected chi connectivity index (χ0v) is 29.7. The van der Waals surface area contributed by atoms with Crippen molar-refractivity contribution in [2.24, 2.45) is 5.92 Å². The number of carbonyl (C=O) groups excluding carboxylic acids is 4. The van der Waals surface area contributed by atoms with Crippen LogP contribution in [0.2, 0.25) is 0 Å². The quantitative estimate of drug-likeness (QED) is 0.321. The first-order chi connectivity index (χ1) is 25.5. The first kappa shape index (κ1) is 35.0. The maximum atomic E-state index is 14.2. The van der Waals surface area contributed by atoms with Gasteiger partial charge in [0.05, 0.1) is 35.8 Å². The highest BCUT2D eigenvalue weighted by Crippen LogP contribution is 2.37. The molecule has 5 aliphatic rings. The lowest BCUT2D eigenvalue weighted by molar-refractivity contribution is -0.136. The highest BCUT2D eigenvalue weighted by atomic mass is 19.3. The Kier molecular flexibility index (Phi) is 9.29. The van der Waals surface area contributed by atoms with Crippen molar-refractivity contribution in [2.45, 2.75) is 69.8 Å². The van der Waals surface area contributed by atoms with Gasteiger partial charge in [-0.25, -0.2) is 18.7 Å². The molecule has 7 heterocycles. The van der Waals surface area contributed by atoms with Gasteiger partial charge in [0.2, 0.25) is 11.8 Å². The Morgan fingerprint density at radius 2 is 1.62 bits per heavy atom. The summed E-state index contributed by atoms with van der Waals surface area (Å²) < 4.78 is 28.3. The molecule has 13 nitrogen and oxygen atoms in total. The highest BCUT2D eigenvalue weighted by Gasteiger charge is 2.45. The van der Waals surface area contributed by atoms with Gasteiger partial charge in [0.25, 0.3) is 17.7 Å². The molecule has 0 radical (unpaired) electrons. The van der Waals surface area contributed by atoms with E-state index in [9.17, 15) is 28.0 Å². The molecule has 0 spiro atoms. The number of anilines is 4. The van der Waals surface area contributed by atoms with Gasteiger partial charge >= 0.3 is 0 Å². The summed E-state index contributed by atoms with van der Waals surface area (Å²) in [6.07, 6.45) is 7.26. The number of carbonyl (C=O) groups is 4. The molecule has 15 heteroatoms. The summed E-state index contributed by atoms with van der Waals surface area (Å²) >= 11 is 0. The van der Waals surface area contributed by atoms with Crippen molar-refractivity contribution in [1.82, 2.24) is 30.1 Å². The van der Waals surface area contributed by atoms with Crippen LogP contribution in [-0.2, 0) is 9.59 Å². The van der Waals surface area contributed by atoms with Crippen LogP contribution in [0.15, 0.2) is 42.7 Å². The number of rotatable bonds is 8. The number of fused-ring (bicyclic) bond motifs is 1. The van der Waals surface area contributed by atoms with Crippen LogP contribution in [0.5, 0.6) is 0 Å². The summed E-state index contributed by atoms with van der Waals surface area (Å²) in [6, 6.07) is 8.34. The Balaban J connectivity index is 0.865. The number of hydrogen-bond acceptors (Lipinski definition) is 11. The number of imide groups is 2. The van der Waals surface area contributed by atoms with Gasteiger partial charge in [-0.05, 0) is 99.8 Å². The molecule has 278 valence electrons. The molecule has 4 amide bonds. The highest BCUT2D eigenvalue weighted by molar-refractivity contribution is 6.23. The molecule has 2 N–H and O–H groups in total. The number of pyridine rings is 1. The normalized spacial score (nSPS) is 22.8. The van der Waals surface area contributed by atoms with Gasteiger partial charge in [-0.1, -0.05) is 0 Å². The Hall–Kier alpha value is -5.05. The minimum Gasteiger partial charge on any atom is -0.371 e. The molecular weight excluding hydrogens is 684 g/mol. The molecule has 0 bridgehead atoms. The van der Waals surface area contributed by atoms with E-state index in [1.807, 2.05) is 25.1 Å². The van der Waals surface area contributed by atoms with Crippen molar-refractivity contribution < 1.29 is 28.0 Å². The van der Waals surface area contributed by atoms with Gasteiger partial charge in [-0.2, -0.15) is 0 Å². The van der Waals surface area contributed by atoms with Crippen molar-refractivity contribution in [3.8, 4) is 0 Å². The van der Waals surface area contributed by atoms with Crippen LogP contribution in [0.1, 0.15) is 82.8 Å². The lowest BCUT2D eigenvalue weighted by Crippen LogP contribution is -2.54. The van der Waals surface area contributed by atoms with Gasteiger partial charge < -0.3 is 20.0 Å². The van der Waals surface area contributed by atoms with Crippen LogP contribution in [0, 0.1) is 12.8 Å². The Labute approximate surface area is 306 Å². The summed E-state index contributed by atoms with van der Waals surface area (Å²) in [5, 5.41) is 5.47. The SMILES string of the molecule is Cc1cnc(Nc2cc(C3CCN(CC4CCN(c5ccc6c(c5)C(=O)N(C5CCC(=O)NC5=O)C6=O)CC4)CC3)cc(N3CCC(F)(F)C3)n2)cn1.